The Balaban J connectivity index is 1.92. The van der Waals surface area contributed by atoms with Crippen molar-refractivity contribution in [2.75, 3.05) is 13.7 Å². The van der Waals surface area contributed by atoms with Crippen LogP contribution in [0.15, 0.2) is 96.0 Å². The Labute approximate surface area is 216 Å². The Morgan fingerprint density at radius 3 is 2.22 bits per heavy atom. The number of aliphatic imine (C=N–C) groups is 1. The number of aromatic nitrogens is 1. The van der Waals surface area contributed by atoms with Gasteiger partial charge in [-0.3, -0.25) is 9.79 Å². The number of amides is 1. The van der Waals surface area contributed by atoms with E-state index in [0.717, 1.165) is 27.8 Å². The zero-order chi connectivity index (χ0) is 26.4. The van der Waals surface area contributed by atoms with Crippen LogP contribution in [0.4, 0.5) is 0 Å². The van der Waals surface area contributed by atoms with Gasteiger partial charge in [-0.2, -0.15) is 0 Å². The molecule has 0 aliphatic rings. The summed E-state index contributed by atoms with van der Waals surface area (Å²) in [6.45, 7) is 4.50. The summed E-state index contributed by atoms with van der Waals surface area (Å²) in [7, 11) is 1.52. The van der Waals surface area contributed by atoms with Crippen LogP contribution in [0.2, 0.25) is 0 Å². The lowest BCUT2D eigenvalue weighted by molar-refractivity contribution is 0.0965. The van der Waals surface area contributed by atoms with Crippen LogP contribution < -0.4 is 15.8 Å². The summed E-state index contributed by atoms with van der Waals surface area (Å²) in [5.74, 6) is 0.0192. The molecule has 0 atom stereocenters. The van der Waals surface area contributed by atoms with Gasteiger partial charge >= 0.3 is 0 Å². The second-order valence-corrected chi connectivity index (χ2v) is 8.57. The van der Waals surface area contributed by atoms with E-state index in [-0.39, 0.29) is 5.91 Å². The lowest BCUT2D eigenvalue weighted by Crippen LogP contribution is -2.29. The third-order valence-electron chi connectivity index (χ3n) is 6.42. The molecule has 0 unspecified atom stereocenters. The summed E-state index contributed by atoms with van der Waals surface area (Å²) in [5, 5.41) is 15.2. The van der Waals surface area contributed by atoms with Gasteiger partial charge in [0, 0.05) is 36.2 Å². The number of hydrogen-bond donors (Lipinski definition) is 3. The van der Waals surface area contributed by atoms with E-state index >= 15 is 0 Å². The minimum Gasteiger partial charge on any atom is -0.494 e. The molecule has 7 heteroatoms. The third kappa shape index (κ3) is 4.86. The molecule has 2 aromatic heterocycles. The van der Waals surface area contributed by atoms with Crippen LogP contribution in [-0.2, 0) is 12.0 Å². The zero-order valence-electron chi connectivity index (χ0n) is 21.3. The number of pyridine rings is 1. The molecule has 0 saturated heterocycles. The van der Waals surface area contributed by atoms with Crippen LogP contribution >= 0.6 is 0 Å². The maximum Gasteiger partial charge on any atom is 0.259 e. The molecule has 0 saturated carbocycles. The van der Waals surface area contributed by atoms with Crippen molar-refractivity contribution in [3.05, 3.63) is 119 Å². The second-order valence-electron chi connectivity index (χ2n) is 8.57. The number of benzene rings is 2. The molecule has 0 aliphatic carbocycles. The fourth-order valence-corrected chi connectivity index (χ4v) is 4.62. The quantitative estimate of drug-likeness (QED) is 0.299. The van der Waals surface area contributed by atoms with Crippen LogP contribution in [0.1, 0.15) is 46.5 Å². The normalized spacial score (nSPS) is 12.3. The summed E-state index contributed by atoms with van der Waals surface area (Å²) < 4.78 is 7.48. The Hall–Kier alpha value is -4.36. The van der Waals surface area contributed by atoms with Crippen molar-refractivity contribution in [3.8, 4) is 5.75 Å². The number of aliphatic hydroxyl groups is 1. The van der Waals surface area contributed by atoms with Gasteiger partial charge in [-0.25, -0.2) is 0 Å². The number of nitrogens with two attached hydrogens (primary N) is 1. The molecule has 2 heterocycles. The van der Waals surface area contributed by atoms with Crippen molar-refractivity contribution in [1.29, 1.82) is 0 Å². The minimum absolute atomic E-state index is 0.349. The van der Waals surface area contributed by atoms with Crippen LogP contribution in [0, 0.1) is 0 Å². The average molecular weight is 497 g/mol. The van der Waals surface area contributed by atoms with E-state index in [1.807, 2.05) is 85.1 Å². The van der Waals surface area contributed by atoms with E-state index in [1.165, 1.54) is 19.5 Å². The number of nitrogens with zero attached hydrogens (tertiary/aromatic N) is 2. The summed E-state index contributed by atoms with van der Waals surface area (Å²) in [5.41, 5.74) is 8.99. The fourth-order valence-electron chi connectivity index (χ4n) is 4.62. The Kier molecular flexibility index (Phi) is 7.74. The lowest BCUT2D eigenvalue weighted by atomic mass is 9.79. The molecule has 190 valence electrons. The second kappa shape index (κ2) is 11.1. The van der Waals surface area contributed by atoms with E-state index in [9.17, 15) is 9.90 Å². The maximum absolute atomic E-state index is 13.2. The number of carbonyl (C=O) groups excluding carboxylic acids is 1. The summed E-state index contributed by atoms with van der Waals surface area (Å²) >= 11 is 0. The highest BCUT2D eigenvalue weighted by atomic mass is 16.5. The van der Waals surface area contributed by atoms with Crippen LogP contribution in [0.5, 0.6) is 5.75 Å². The van der Waals surface area contributed by atoms with Crippen molar-refractivity contribution in [2.24, 2.45) is 10.7 Å². The molecule has 4 rings (SSSR count). The van der Waals surface area contributed by atoms with Crippen molar-refractivity contribution in [2.45, 2.75) is 25.9 Å². The highest BCUT2D eigenvalue weighted by Crippen LogP contribution is 2.41. The number of ether oxygens (including phenoxy) is 1. The number of methoxy groups -OCH3 is 1. The van der Waals surface area contributed by atoms with Gasteiger partial charge in [-0.15, -0.1) is 0 Å². The van der Waals surface area contributed by atoms with E-state index in [1.54, 1.807) is 12.3 Å². The van der Waals surface area contributed by atoms with E-state index in [2.05, 4.69) is 10.3 Å². The molecular formula is C30H32N4O3. The molecule has 0 radical (unpaired) electrons. The van der Waals surface area contributed by atoms with Crippen molar-refractivity contribution >= 4 is 17.6 Å². The molecule has 1 amide bonds. The molecule has 7 nitrogen and oxygen atoms in total. The van der Waals surface area contributed by atoms with Crippen molar-refractivity contribution in [3.63, 3.8) is 0 Å². The Morgan fingerprint density at radius 2 is 1.70 bits per heavy atom. The van der Waals surface area contributed by atoms with Gasteiger partial charge in [0.25, 0.3) is 5.91 Å². The Bertz CT molecular complexity index is 1400. The number of rotatable bonds is 9. The SMILES string of the molecule is CCN=CC(=CN)NC(=O)c1cc2c(CC)c(C(O)(c3ccccc3)c3ccccc3)cn2cc1OC. The number of hydrogen-bond acceptors (Lipinski definition) is 5. The fraction of sp³-hybridized carbons (Fsp3) is 0.200. The number of carbonyl (C=O) groups is 1. The highest BCUT2D eigenvalue weighted by Gasteiger charge is 2.37. The first-order valence-corrected chi connectivity index (χ1v) is 12.3. The summed E-state index contributed by atoms with van der Waals surface area (Å²) in [4.78, 5) is 17.4. The lowest BCUT2D eigenvalue weighted by Gasteiger charge is -2.30. The van der Waals surface area contributed by atoms with Gasteiger partial charge in [-0.1, -0.05) is 67.6 Å². The van der Waals surface area contributed by atoms with Crippen molar-refractivity contribution < 1.29 is 14.6 Å². The smallest absolute Gasteiger partial charge is 0.259 e. The van der Waals surface area contributed by atoms with Crippen LogP contribution in [0.3, 0.4) is 0 Å². The molecule has 0 bridgehead atoms. The summed E-state index contributed by atoms with van der Waals surface area (Å²) in [6, 6.07) is 21.0. The van der Waals surface area contributed by atoms with Gasteiger partial charge in [0.2, 0.25) is 0 Å². The Morgan fingerprint density at radius 1 is 1.08 bits per heavy atom. The maximum atomic E-state index is 13.2. The van der Waals surface area contributed by atoms with E-state index < -0.39 is 5.60 Å². The van der Waals surface area contributed by atoms with Gasteiger partial charge in [-0.05, 0) is 36.1 Å². The van der Waals surface area contributed by atoms with Crippen molar-refractivity contribution in [1.82, 2.24) is 9.72 Å². The molecule has 0 aliphatic heterocycles. The monoisotopic (exact) mass is 496 g/mol. The van der Waals surface area contributed by atoms with E-state index in [4.69, 9.17) is 10.5 Å². The standard InChI is InChI=1S/C30H32N4O3/c1-4-24-26(30(36,21-12-8-6-9-13-21)22-14-10-7-11-15-22)19-34-20-28(37-3)25(16-27(24)34)29(35)33-23(17-31)18-32-5-2/h6-20,36H,4-5,31H2,1-3H3,(H,33,35). The summed E-state index contributed by atoms with van der Waals surface area (Å²) in [6.07, 6.45) is 7.13. The first kappa shape index (κ1) is 25.7. The molecule has 4 N–H and O–H groups in total. The molecule has 4 aromatic rings. The molecule has 0 spiro atoms. The number of nitrogens with one attached hydrogen (secondary N) is 1. The third-order valence-corrected chi connectivity index (χ3v) is 6.42. The number of fused-ring (bicyclic) bond motifs is 1. The van der Waals surface area contributed by atoms with E-state index in [0.29, 0.717) is 30.0 Å². The first-order valence-electron chi connectivity index (χ1n) is 12.3. The predicted octanol–water partition coefficient (Wildman–Crippen LogP) is 4.42. The minimum atomic E-state index is -1.40. The predicted molar refractivity (Wildman–Crippen MR) is 147 cm³/mol. The number of aryl methyl sites for hydroxylation is 1. The first-order chi connectivity index (χ1) is 18.0. The van der Waals surface area contributed by atoms with Gasteiger partial charge < -0.3 is 25.3 Å². The van der Waals surface area contributed by atoms with Gasteiger partial charge in [0.1, 0.15) is 11.4 Å². The molecule has 0 fully saturated rings. The van der Waals surface area contributed by atoms with Crippen LogP contribution in [0.25, 0.3) is 5.52 Å². The topological polar surface area (TPSA) is 101 Å². The molecule has 37 heavy (non-hydrogen) atoms. The largest absolute Gasteiger partial charge is 0.494 e. The average Bonchev–Trinajstić information content (AvgIpc) is 3.32. The van der Waals surface area contributed by atoms with Crippen LogP contribution in [-0.4, -0.2) is 35.3 Å². The van der Waals surface area contributed by atoms with Gasteiger partial charge in [0.15, 0.2) is 0 Å². The molecular weight excluding hydrogens is 464 g/mol. The zero-order valence-corrected chi connectivity index (χ0v) is 21.3. The highest BCUT2D eigenvalue weighted by molar-refractivity contribution is 6.02. The number of allylic oxidation sites excluding steroid dienone is 1. The molecule has 2 aromatic carbocycles. The van der Waals surface area contributed by atoms with Gasteiger partial charge in [0.05, 0.1) is 24.6 Å².